The fourth-order valence-electron chi connectivity index (χ4n) is 3.14. The molecule has 3 unspecified atom stereocenters. The maximum absolute atomic E-state index is 11.7. The van der Waals surface area contributed by atoms with Crippen molar-refractivity contribution in [1.29, 1.82) is 0 Å². The molecule has 0 radical (unpaired) electrons. The number of rotatable bonds is 1. The summed E-state index contributed by atoms with van der Waals surface area (Å²) in [6, 6.07) is 0. The third-order valence-corrected chi connectivity index (χ3v) is 3.91. The SMILES string of the molecule is COC(=O)C1CCC/C=C\C2CCCC21. The van der Waals surface area contributed by atoms with Crippen LogP contribution >= 0.6 is 0 Å². The topological polar surface area (TPSA) is 26.3 Å². The van der Waals surface area contributed by atoms with Crippen LogP contribution in [0.25, 0.3) is 0 Å². The highest BCUT2D eigenvalue weighted by molar-refractivity contribution is 5.72. The van der Waals surface area contributed by atoms with Crippen molar-refractivity contribution >= 4 is 5.97 Å². The van der Waals surface area contributed by atoms with Crippen LogP contribution in [0.1, 0.15) is 38.5 Å². The third-order valence-electron chi connectivity index (χ3n) is 3.91. The van der Waals surface area contributed by atoms with Crippen LogP contribution in [-0.2, 0) is 9.53 Å². The van der Waals surface area contributed by atoms with Gasteiger partial charge in [0.2, 0.25) is 0 Å². The van der Waals surface area contributed by atoms with Crippen molar-refractivity contribution in [3.63, 3.8) is 0 Å². The molecule has 0 heterocycles. The molecule has 0 saturated heterocycles. The molecule has 84 valence electrons. The van der Waals surface area contributed by atoms with E-state index in [-0.39, 0.29) is 11.9 Å². The summed E-state index contributed by atoms with van der Waals surface area (Å²) in [5.74, 6) is 1.36. The predicted molar refractivity (Wildman–Crippen MR) is 59.3 cm³/mol. The minimum Gasteiger partial charge on any atom is -0.469 e. The van der Waals surface area contributed by atoms with Gasteiger partial charge >= 0.3 is 5.97 Å². The molecular weight excluding hydrogens is 188 g/mol. The molecule has 0 amide bonds. The normalized spacial score (nSPS) is 37.5. The summed E-state index contributed by atoms with van der Waals surface area (Å²) < 4.78 is 4.93. The first kappa shape index (κ1) is 10.7. The average molecular weight is 208 g/mol. The summed E-state index contributed by atoms with van der Waals surface area (Å²) in [6.45, 7) is 0. The van der Waals surface area contributed by atoms with Crippen LogP contribution in [0.15, 0.2) is 12.2 Å². The van der Waals surface area contributed by atoms with E-state index < -0.39 is 0 Å². The van der Waals surface area contributed by atoms with E-state index in [4.69, 9.17) is 4.74 Å². The van der Waals surface area contributed by atoms with Crippen molar-refractivity contribution in [3.8, 4) is 0 Å². The Labute approximate surface area is 91.7 Å². The number of ether oxygens (including phenoxy) is 1. The number of methoxy groups -OCH3 is 1. The Morgan fingerprint density at radius 3 is 2.93 bits per heavy atom. The number of allylic oxidation sites excluding steroid dienone is 2. The van der Waals surface area contributed by atoms with Gasteiger partial charge < -0.3 is 4.74 Å². The van der Waals surface area contributed by atoms with Gasteiger partial charge in [0.15, 0.2) is 0 Å². The first-order valence-corrected chi connectivity index (χ1v) is 6.07. The number of hydrogen-bond acceptors (Lipinski definition) is 2. The van der Waals surface area contributed by atoms with Crippen molar-refractivity contribution in [2.24, 2.45) is 17.8 Å². The molecule has 0 aromatic rings. The fourth-order valence-corrected chi connectivity index (χ4v) is 3.14. The third kappa shape index (κ3) is 2.24. The second-order valence-corrected chi connectivity index (χ2v) is 4.75. The van der Waals surface area contributed by atoms with E-state index in [1.54, 1.807) is 0 Å². The number of carbonyl (C=O) groups excluding carboxylic acids is 1. The molecule has 0 aromatic carbocycles. The molecule has 2 nitrogen and oxygen atoms in total. The highest BCUT2D eigenvalue weighted by atomic mass is 16.5. The summed E-state index contributed by atoms with van der Waals surface area (Å²) in [6.07, 6.45) is 11.6. The van der Waals surface area contributed by atoms with Crippen LogP contribution < -0.4 is 0 Å². The van der Waals surface area contributed by atoms with Crippen molar-refractivity contribution in [3.05, 3.63) is 12.2 Å². The van der Waals surface area contributed by atoms with Gasteiger partial charge in [0, 0.05) is 0 Å². The van der Waals surface area contributed by atoms with Crippen molar-refractivity contribution in [2.75, 3.05) is 7.11 Å². The van der Waals surface area contributed by atoms with E-state index in [9.17, 15) is 4.79 Å². The molecule has 2 aliphatic rings. The van der Waals surface area contributed by atoms with E-state index in [1.165, 1.54) is 26.4 Å². The van der Waals surface area contributed by atoms with E-state index in [0.29, 0.717) is 11.8 Å². The Morgan fingerprint density at radius 1 is 1.27 bits per heavy atom. The number of esters is 1. The zero-order chi connectivity index (χ0) is 10.7. The lowest BCUT2D eigenvalue weighted by Gasteiger charge is -2.26. The largest absolute Gasteiger partial charge is 0.469 e. The van der Waals surface area contributed by atoms with Gasteiger partial charge in [-0.3, -0.25) is 4.79 Å². The molecule has 0 bridgehead atoms. The standard InChI is InChI=1S/C13H20O2/c1-15-13(14)12-8-4-2-3-6-10-7-5-9-11(10)12/h3,6,10-12H,2,4-5,7-9H2,1H3/b6-3-. The minimum atomic E-state index is 0.0159. The van der Waals surface area contributed by atoms with Crippen LogP contribution in [0.2, 0.25) is 0 Å². The van der Waals surface area contributed by atoms with E-state index in [2.05, 4.69) is 12.2 Å². The Bertz CT molecular complexity index is 257. The average Bonchev–Trinajstić information content (AvgIpc) is 2.65. The lowest BCUT2D eigenvalue weighted by Crippen LogP contribution is -2.27. The van der Waals surface area contributed by atoms with Crippen LogP contribution in [0.5, 0.6) is 0 Å². The summed E-state index contributed by atoms with van der Waals surface area (Å²) in [7, 11) is 1.51. The molecule has 0 N–H and O–H groups in total. The van der Waals surface area contributed by atoms with Gasteiger partial charge in [-0.25, -0.2) is 0 Å². The lowest BCUT2D eigenvalue weighted by molar-refractivity contribution is -0.148. The molecule has 2 heteroatoms. The zero-order valence-electron chi connectivity index (χ0n) is 9.45. The van der Waals surface area contributed by atoms with Gasteiger partial charge in [-0.2, -0.15) is 0 Å². The molecule has 2 rings (SSSR count). The van der Waals surface area contributed by atoms with Crippen molar-refractivity contribution in [2.45, 2.75) is 38.5 Å². The van der Waals surface area contributed by atoms with Gasteiger partial charge in [-0.15, -0.1) is 0 Å². The lowest BCUT2D eigenvalue weighted by atomic mass is 9.79. The van der Waals surface area contributed by atoms with E-state index in [0.717, 1.165) is 19.3 Å². The molecule has 3 atom stereocenters. The summed E-state index contributed by atoms with van der Waals surface area (Å²) in [5, 5.41) is 0. The second kappa shape index (κ2) is 4.82. The van der Waals surface area contributed by atoms with Gasteiger partial charge in [0.1, 0.15) is 0 Å². The highest BCUT2D eigenvalue weighted by Gasteiger charge is 2.36. The zero-order valence-corrected chi connectivity index (χ0v) is 9.45. The Kier molecular flexibility index (Phi) is 3.45. The molecule has 0 aromatic heterocycles. The summed E-state index contributed by atoms with van der Waals surface area (Å²) in [4.78, 5) is 11.7. The predicted octanol–water partition coefficient (Wildman–Crippen LogP) is 2.93. The quantitative estimate of drug-likeness (QED) is 0.489. The Morgan fingerprint density at radius 2 is 2.13 bits per heavy atom. The van der Waals surface area contributed by atoms with Crippen LogP contribution in [0.3, 0.4) is 0 Å². The number of hydrogen-bond donors (Lipinski definition) is 0. The van der Waals surface area contributed by atoms with Crippen LogP contribution in [0.4, 0.5) is 0 Å². The molecule has 0 aliphatic heterocycles. The Hall–Kier alpha value is -0.790. The smallest absolute Gasteiger partial charge is 0.308 e. The van der Waals surface area contributed by atoms with Gasteiger partial charge in [0.05, 0.1) is 13.0 Å². The minimum absolute atomic E-state index is 0.0159. The second-order valence-electron chi connectivity index (χ2n) is 4.75. The first-order chi connectivity index (χ1) is 7.33. The Balaban J connectivity index is 2.14. The van der Waals surface area contributed by atoms with Crippen molar-refractivity contribution in [1.82, 2.24) is 0 Å². The van der Waals surface area contributed by atoms with Crippen LogP contribution in [-0.4, -0.2) is 13.1 Å². The molecule has 1 fully saturated rings. The molecule has 2 aliphatic carbocycles. The van der Waals surface area contributed by atoms with E-state index >= 15 is 0 Å². The summed E-state index contributed by atoms with van der Waals surface area (Å²) >= 11 is 0. The molecule has 15 heavy (non-hydrogen) atoms. The summed E-state index contributed by atoms with van der Waals surface area (Å²) in [5.41, 5.74) is 0. The first-order valence-electron chi connectivity index (χ1n) is 6.07. The maximum atomic E-state index is 11.7. The molecular formula is C13H20O2. The number of carbonyl (C=O) groups is 1. The van der Waals surface area contributed by atoms with E-state index in [1.807, 2.05) is 0 Å². The highest BCUT2D eigenvalue weighted by Crippen LogP contribution is 2.41. The molecule has 1 saturated carbocycles. The molecule has 0 spiro atoms. The van der Waals surface area contributed by atoms with Crippen LogP contribution in [0, 0.1) is 17.8 Å². The number of fused-ring (bicyclic) bond motifs is 1. The fraction of sp³-hybridized carbons (Fsp3) is 0.769. The van der Waals surface area contributed by atoms with Gasteiger partial charge in [-0.1, -0.05) is 18.6 Å². The van der Waals surface area contributed by atoms with Crippen molar-refractivity contribution < 1.29 is 9.53 Å². The monoisotopic (exact) mass is 208 g/mol. The van der Waals surface area contributed by atoms with Gasteiger partial charge in [0.25, 0.3) is 0 Å². The maximum Gasteiger partial charge on any atom is 0.308 e. The van der Waals surface area contributed by atoms with Gasteiger partial charge in [-0.05, 0) is 43.9 Å².